The third-order valence-corrected chi connectivity index (χ3v) is 4.29. The lowest BCUT2D eigenvalue weighted by molar-refractivity contribution is 0.209. The number of halogens is 1. The Morgan fingerprint density at radius 3 is 2.35 bits per heavy atom. The van der Waals surface area contributed by atoms with Crippen molar-refractivity contribution in [2.45, 2.75) is 32.6 Å². The van der Waals surface area contributed by atoms with Crippen molar-refractivity contribution in [3.05, 3.63) is 52.5 Å². The average Bonchev–Trinajstić information content (AvgIpc) is 2.59. The van der Waals surface area contributed by atoms with E-state index in [2.05, 4.69) is 26.8 Å². The van der Waals surface area contributed by atoms with E-state index >= 15 is 0 Å². The van der Waals surface area contributed by atoms with Crippen molar-refractivity contribution in [1.82, 2.24) is 0 Å². The third-order valence-electron chi connectivity index (χ3n) is 4.00. The normalized spacial score (nSPS) is 11.3. The maximum absolute atomic E-state index is 6.34. The predicted octanol–water partition coefficient (Wildman–Crippen LogP) is 4.61. The number of hydrogen-bond acceptors (Lipinski definition) is 4. The topological polar surface area (TPSA) is 53.7 Å². The third kappa shape index (κ3) is 5.29. The quantitative estimate of drug-likeness (QED) is 0.683. The van der Waals surface area contributed by atoms with Gasteiger partial charge in [-0.15, -0.1) is 0 Å². The van der Waals surface area contributed by atoms with Crippen LogP contribution in [0.4, 0.5) is 0 Å². The molecule has 0 aliphatic carbocycles. The van der Waals surface area contributed by atoms with Crippen molar-refractivity contribution in [2.75, 3.05) is 26.9 Å². The Bertz CT molecular complexity index is 726. The van der Waals surface area contributed by atoms with Crippen LogP contribution in [-0.2, 0) is 11.8 Å². The van der Waals surface area contributed by atoms with Gasteiger partial charge in [-0.25, -0.2) is 0 Å². The van der Waals surface area contributed by atoms with Gasteiger partial charge in [0.15, 0.2) is 11.5 Å². The first-order valence-corrected chi connectivity index (χ1v) is 9.16. The molecule has 0 heterocycles. The lowest BCUT2D eigenvalue weighted by Crippen LogP contribution is -2.16. The lowest BCUT2D eigenvalue weighted by atomic mass is 9.86. The average molecular weight is 378 g/mol. The fourth-order valence-corrected chi connectivity index (χ4v) is 3.02. The summed E-state index contributed by atoms with van der Waals surface area (Å²) in [5.74, 6) is 2.01. The summed E-state index contributed by atoms with van der Waals surface area (Å²) in [4.78, 5) is 0. The first-order valence-electron chi connectivity index (χ1n) is 8.78. The number of rotatable bonds is 8. The molecule has 0 radical (unpaired) electrons. The minimum Gasteiger partial charge on any atom is -0.493 e. The molecular weight excluding hydrogens is 350 g/mol. The van der Waals surface area contributed by atoms with Crippen LogP contribution in [0, 0.1) is 0 Å². The molecule has 0 atom stereocenters. The van der Waals surface area contributed by atoms with E-state index < -0.39 is 0 Å². The van der Waals surface area contributed by atoms with Gasteiger partial charge in [0.25, 0.3) is 0 Å². The molecule has 0 unspecified atom stereocenters. The zero-order chi connectivity index (χ0) is 19.2. The van der Waals surface area contributed by atoms with Gasteiger partial charge in [0.2, 0.25) is 0 Å². The minimum atomic E-state index is 0.0167. The molecule has 0 saturated heterocycles. The highest BCUT2D eigenvalue weighted by atomic mass is 35.5. The van der Waals surface area contributed by atoms with Gasteiger partial charge in [0.05, 0.1) is 12.1 Å². The monoisotopic (exact) mass is 377 g/mol. The largest absolute Gasteiger partial charge is 0.493 e. The Morgan fingerprint density at radius 1 is 1.00 bits per heavy atom. The number of methoxy groups -OCH3 is 1. The van der Waals surface area contributed by atoms with Crippen LogP contribution >= 0.6 is 11.6 Å². The van der Waals surface area contributed by atoms with Gasteiger partial charge in [-0.3, -0.25) is 0 Å². The highest BCUT2D eigenvalue weighted by Crippen LogP contribution is 2.36. The number of benzene rings is 2. The number of ether oxygens (including phenoxy) is 3. The fraction of sp³-hybridized carbons (Fsp3) is 0.429. The van der Waals surface area contributed by atoms with Crippen LogP contribution in [0.2, 0.25) is 5.02 Å². The van der Waals surface area contributed by atoms with E-state index in [1.54, 1.807) is 7.11 Å². The van der Waals surface area contributed by atoms with E-state index in [9.17, 15) is 0 Å². The highest BCUT2D eigenvalue weighted by molar-refractivity contribution is 6.32. The van der Waals surface area contributed by atoms with Crippen molar-refractivity contribution in [3.8, 4) is 17.2 Å². The number of nitrogens with two attached hydrogens (primary N) is 1. The van der Waals surface area contributed by atoms with Gasteiger partial charge in [0, 0.05) is 0 Å². The molecule has 5 heteroatoms. The van der Waals surface area contributed by atoms with E-state index in [1.165, 1.54) is 5.56 Å². The van der Waals surface area contributed by atoms with Gasteiger partial charge in [-0.05, 0) is 47.7 Å². The molecule has 0 aliphatic rings. The summed E-state index contributed by atoms with van der Waals surface area (Å²) >= 11 is 6.34. The highest BCUT2D eigenvalue weighted by Gasteiger charge is 2.18. The van der Waals surface area contributed by atoms with Crippen LogP contribution in [0.15, 0.2) is 36.4 Å². The molecule has 0 amide bonds. The van der Waals surface area contributed by atoms with Gasteiger partial charge < -0.3 is 19.9 Å². The summed E-state index contributed by atoms with van der Waals surface area (Å²) in [5, 5.41) is 0.517. The standard InChI is InChI=1S/C21H28ClNO3/c1-21(2,3)16-7-5-6-8-18(16)25-11-12-26-20-17(22)13-15(9-10-23)14-19(20)24-4/h5-8,13-14H,9-12,23H2,1-4H3. The second kappa shape index (κ2) is 9.15. The molecule has 2 N–H and O–H groups in total. The summed E-state index contributed by atoms with van der Waals surface area (Å²) in [6.45, 7) is 7.83. The molecule has 0 saturated carbocycles. The Morgan fingerprint density at radius 2 is 1.69 bits per heavy atom. The van der Waals surface area contributed by atoms with Crippen molar-refractivity contribution < 1.29 is 14.2 Å². The molecule has 0 bridgehead atoms. The molecule has 0 spiro atoms. The Hall–Kier alpha value is -1.91. The molecule has 142 valence electrons. The van der Waals surface area contributed by atoms with E-state index in [0.717, 1.165) is 17.7 Å². The maximum Gasteiger partial charge on any atom is 0.179 e. The Balaban J connectivity index is 2.01. The second-order valence-electron chi connectivity index (χ2n) is 7.09. The first kappa shape index (κ1) is 20.4. The summed E-state index contributed by atoms with van der Waals surface area (Å²) in [6.07, 6.45) is 0.739. The van der Waals surface area contributed by atoms with Gasteiger partial charge in [0.1, 0.15) is 19.0 Å². The summed E-state index contributed by atoms with van der Waals surface area (Å²) < 4.78 is 17.2. The van der Waals surface area contributed by atoms with Gasteiger partial charge >= 0.3 is 0 Å². The van der Waals surface area contributed by atoms with Crippen molar-refractivity contribution in [2.24, 2.45) is 5.73 Å². The van der Waals surface area contributed by atoms with Crippen molar-refractivity contribution in [1.29, 1.82) is 0 Å². The smallest absolute Gasteiger partial charge is 0.179 e. The molecule has 2 aromatic carbocycles. The molecule has 26 heavy (non-hydrogen) atoms. The van der Waals surface area contributed by atoms with E-state index in [-0.39, 0.29) is 5.41 Å². The van der Waals surface area contributed by atoms with E-state index in [4.69, 9.17) is 31.5 Å². The minimum absolute atomic E-state index is 0.0167. The van der Waals surface area contributed by atoms with Crippen molar-refractivity contribution in [3.63, 3.8) is 0 Å². The number of para-hydroxylation sites is 1. The summed E-state index contributed by atoms with van der Waals surface area (Å²) in [6, 6.07) is 11.8. The van der Waals surface area contributed by atoms with Gasteiger partial charge in [-0.2, -0.15) is 0 Å². The molecule has 2 aromatic rings. The SMILES string of the molecule is COc1cc(CCN)cc(Cl)c1OCCOc1ccccc1C(C)(C)C. The first-order chi connectivity index (χ1) is 12.4. The van der Waals surface area contributed by atoms with Crippen LogP contribution in [0.5, 0.6) is 17.2 Å². The number of hydrogen-bond donors (Lipinski definition) is 1. The van der Waals surface area contributed by atoms with Crippen molar-refractivity contribution >= 4 is 11.6 Å². The summed E-state index contributed by atoms with van der Waals surface area (Å²) in [5.41, 5.74) is 7.81. The predicted molar refractivity (Wildman–Crippen MR) is 107 cm³/mol. The van der Waals surface area contributed by atoms with Crippen LogP contribution in [0.3, 0.4) is 0 Å². The second-order valence-corrected chi connectivity index (χ2v) is 7.50. The zero-order valence-corrected chi connectivity index (χ0v) is 16.7. The van der Waals surface area contributed by atoms with E-state index in [1.807, 2.05) is 30.3 Å². The maximum atomic E-state index is 6.34. The van der Waals surface area contributed by atoms with Gasteiger partial charge in [-0.1, -0.05) is 50.6 Å². The van der Waals surface area contributed by atoms with Crippen LogP contribution < -0.4 is 19.9 Å². The molecule has 0 aromatic heterocycles. The lowest BCUT2D eigenvalue weighted by Gasteiger charge is -2.22. The van der Waals surface area contributed by atoms with Crippen LogP contribution in [0.25, 0.3) is 0 Å². The molecule has 0 fully saturated rings. The van der Waals surface area contributed by atoms with Crippen LogP contribution in [-0.4, -0.2) is 26.9 Å². The summed E-state index contributed by atoms with van der Waals surface area (Å²) in [7, 11) is 1.60. The van der Waals surface area contributed by atoms with E-state index in [0.29, 0.717) is 36.3 Å². The molecule has 0 aliphatic heterocycles. The zero-order valence-electron chi connectivity index (χ0n) is 16.0. The fourth-order valence-electron chi connectivity index (χ4n) is 2.73. The Kier molecular flexibility index (Phi) is 7.18. The molecular formula is C21H28ClNO3. The molecule has 2 rings (SSSR count). The Labute approximate surface area is 161 Å². The van der Waals surface area contributed by atoms with Crippen LogP contribution in [0.1, 0.15) is 31.9 Å². The molecule has 4 nitrogen and oxygen atoms in total.